The van der Waals surface area contributed by atoms with E-state index in [2.05, 4.69) is 0 Å². The molecular formula is C49H81NO23. The van der Waals surface area contributed by atoms with Gasteiger partial charge in [-0.3, -0.25) is 9.59 Å². The van der Waals surface area contributed by atoms with Gasteiger partial charge >= 0.3 is 17.9 Å². The number of carbonyl (C=O) groups excluding carboxylic acids is 3. The molecule has 24 heteroatoms. The van der Waals surface area contributed by atoms with Crippen molar-refractivity contribution < 1.29 is 113 Å². The van der Waals surface area contributed by atoms with Gasteiger partial charge in [0.15, 0.2) is 36.9 Å². The molecule has 3 saturated heterocycles. The highest BCUT2D eigenvalue weighted by molar-refractivity contribution is 5.92. The quantitative estimate of drug-likeness (QED) is 0.0725. The monoisotopic (exact) mass is 1050 g/mol. The first kappa shape index (κ1) is 63.9. The molecule has 4 aliphatic heterocycles. The van der Waals surface area contributed by atoms with Gasteiger partial charge in [-0.1, -0.05) is 38.5 Å². The molecule has 0 aliphatic carbocycles. The predicted octanol–water partition coefficient (Wildman–Crippen LogP) is -0.679. The summed E-state index contributed by atoms with van der Waals surface area (Å²) in [5.41, 5.74) is -0.826. The molecule has 73 heavy (non-hydrogen) atoms. The molecule has 2 unspecified atom stereocenters. The molecule has 23 atom stereocenters. The molecule has 9 N–H and O–H groups in total. The second kappa shape index (κ2) is 28.6. The lowest BCUT2D eigenvalue weighted by Gasteiger charge is -2.50. The highest BCUT2D eigenvalue weighted by Gasteiger charge is 2.52. The van der Waals surface area contributed by atoms with Crippen molar-refractivity contribution in [3.63, 3.8) is 0 Å². The summed E-state index contributed by atoms with van der Waals surface area (Å²) in [5, 5.41) is 88.1. The lowest BCUT2D eigenvalue weighted by molar-refractivity contribution is -0.341. The summed E-state index contributed by atoms with van der Waals surface area (Å²) in [7, 11) is 6.40. The number of carbonyl (C=O) groups is 5. The van der Waals surface area contributed by atoms with Gasteiger partial charge in [0, 0.05) is 44.3 Å². The minimum Gasteiger partial charge on any atom is -0.479 e. The summed E-state index contributed by atoms with van der Waals surface area (Å²) in [5.74, 6) is -7.68. The predicted molar refractivity (Wildman–Crippen MR) is 253 cm³/mol. The molecule has 0 aromatic carbocycles. The summed E-state index contributed by atoms with van der Waals surface area (Å²) in [6, 6.07) is -0.767. The van der Waals surface area contributed by atoms with Gasteiger partial charge in [0.05, 0.1) is 55.2 Å². The average Bonchev–Trinajstić information content (AvgIpc) is 3.32. The second-order valence-electron chi connectivity index (χ2n) is 19.9. The van der Waals surface area contributed by atoms with Crippen LogP contribution in [0.1, 0.15) is 81.1 Å². The Labute approximate surface area is 426 Å². The number of esters is 1. The molecule has 3 fully saturated rings. The zero-order valence-corrected chi connectivity index (χ0v) is 43.7. The number of hydrogen-bond donors (Lipinski definition) is 9. The molecule has 420 valence electrons. The lowest BCUT2D eigenvalue weighted by atomic mass is 9.81. The van der Waals surface area contributed by atoms with Gasteiger partial charge in [-0.05, 0) is 67.6 Å². The number of hydrogen-bond acceptors (Lipinski definition) is 22. The van der Waals surface area contributed by atoms with Gasteiger partial charge in [-0.15, -0.1) is 0 Å². The Kier molecular flexibility index (Phi) is 25.1. The number of carboxylic acids is 2. The first-order chi connectivity index (χ1) is 34.0. The number of nitrogens with zero attached hydrogens (tertiary/aromatic N) is 1. The number of aliphatic hydroxyl groups excluding tert-OH is 6. The lowest BCUT2D eigenvalue weighted by Crippen LogP contribution is -2.65. The van der Waals surface area contributed by atoms with Crippen LogP contribution in [0.3, 0.4) is 0 Å². The first-order valence-electron chi connectivity index (χ1n) is 24.5. The number of aldehydes is 1. The standard InChI is InChI=1S/C45H75NO17.C4H6O6/c1-13-32-29(21-57-44-41(56-12)40(55-11)36(51)25(5)59-44)16-22(2)14-15-30(48)23(3)17-28(20-47)38(24(4)31(49)18-33(50)61-32)63-43-37(52)35(46(9)10)39(26(6)60-43)62-34-19-45(8,54)42(53)27(7)58-34;5-1(3(7)8)2(6)4(9)10/h14-16,20,23-29,31-32,34-44,49,51-54H,13,17-19,21H2,1-12H3;1-2,5-6H,(H,7,8)(H,9,10)/b15-14+,22-16+;/t23-,24-,25+,26-,27+,28-,29-,31+,32+,34+,35-,36+,37-,38-,39-,40+,41+,42+,43+,44+,45-;/m1./s1. The number of ether oxygens (including phenoxy) is 9. The van der Waals surface area contributed by atoms with Crippen LogP contribution in [0, 0.1) is 23.7 Å². The molecular weight excluding hydrogens is 971 g/mol. The fourth-order valence-electron chi connectivity index (χ4n) is 9.46. The van der Waals surface area contributed by atoms with Crippen LogP contribution in [-0.2, 0) is 66.6 Å². The van der Waals surface area contributed by atoms with E-state index in [0.29, 0.717) is 18.3 Å². The highest BCUT2D eigenvalue weighted by atomic mass is 16.7. The van der Waals surface area contributed by atoms with E-state index in [0.717, 1.165) is 0 Å². The largest absolute Gasteiger partial charge is 0.479 e. The molecule has 0 bridgehead atoms. The van der Waals surface area contributed by atoms with E-state index in [1.165, 1.54) is 27.2 Å². The van der Waals surface area contributed by atoms with Crippen LogP contribution in [0.2, 0.25) is 0 Å². The van der Waals surface area contributed by atoms with Crippen molar-refractivity contribution in [2.24, 2.45) is 23.7 Å². The van der Waals surface area contributed by atoms with Gasteiger partial charge in [0.25, 0.3) is 0 Å². The van der Waals surface area contributed by atoms with E-state index in [1.54, 1.807) is 66.6 Å². The zero-order valence-electron chi connectivity index (χ0n) is 43.7. The number of carboxylic acid groups (broad SMARTS) is 2. The third-order valence-electron chi connectivity index (χ3n) is 13.9. The summed E-state index contributed by atoms with van der Waals surface area (Å²) in [6.45, 7) is 13.5. The van der Waals surface area contributed by atoms with Crippen LogP contribution in [-0.4, -0.2) is 232 Å². The Balaban J connectivity index is 0.00000126. The fraction of sp³-hybridized carbons (Fsp3) is 0.816. The maximum absolute atomic E-state index is 13.7. The van der Waals surface area contributed by atoms with E-state index in [4.69, 9.17) is 63.1 Å². The van der Waals surface area contributed by atoms with Crippen LogP contribution in [0.5, 0.6) is 0 Å². The smallest absolute Gasteiger partial charge is 0.335 e. The molecule has 4 rings (SSSR count). The topological polar surface area (TPSA) is 354 Å². The Bertz CT molecular complexity index is 1830. The Hall–Kier alpha value is -3.41. The zero-order chi connectivity index (χ0) is 55.4. The molecule has 4 aliphatic rings. The van der Waals surface area contributed by atoms with Crippen molar-refractivity contribution in [1.82, 2.24) is 4.90 Å². The summed E-state index contributed by atoms with van der Waals surface area (Å²) >= 11 is 0. The van der Waals surface area contributed by atoms with Gasteiger partial charge < -0.3 is 98.3 Å². The molecule has 0 radical (unpaired) electrons. The third kappa shape index (κ3) is 17.0. The van der Waals surface area contributed by atoms with Crippen molar-refractivity contribution in [1.29, 1.82) is 0 Å². The van der Waals surface area contributed by atoms with E-state index >= 15 is 0 Å². The number of rotatable bonds is 15. The van der Waals surface area contributed by atoms with Gasteiger partial charge in [0.2, 0.25) is 0 Å². The van der Waals surface area contributed by atoms with Gasteiger partial charge in [-0.2, -0.15) is 0 Å². The average molecular weight is 1050 g/mol. The van der Waals surface area contributed by atoms with Crippen molar-refractivity contribution in [2.45, 2.75) is 197 Å². The van der Waals surface area contributed by atoms with Crippen molar-refractivity contribution in [2.75, 3.05) is 34.9 Å². The maximum Gasteiger partial charge on any atom is 0.335 e. The highest BCUT2D eigenvalue weighted by Crippen LogP contribution is 2.37. The molecule has 0 aromatic rings. The Morgan fingerprint density at radius 1 is 0.836 bits per heavy atom. The van der Waals surface area contributed by atoms with Gasteiger partial charge in [0.1, 0.15) is 49.0 Å². The van der Waals surface area contributed by atoms with Crippen LogP contribution < -0.4 is 0 Å². The molecule has 0 aromatic heterocycles. The number of ketones is 1. The molecule has 0 spiro atoms. The first-order valence-corrected chi connectivity index (χ1v) is 24.5. The maximum atomic E-state index is 13.7. The summed E-state index contributed by atoms with van der Waals surface area (Å²) in [4.78, 5) is 61.5. The number of methoxy groups -OCH3 is 2. The minimum absolute atomic E-state index is 0.0117. The van der Waals surface area contributed by atoms with Gasteiger partial charge in [-0.25, -0.2) is 9.59 Å². The molecule has 0 amide bonds. The number of likely N-dealkylation sites (N-methyl/N-ethyl adjacent to an activating group) is 1. The number of cyclic esters (lactones) is 1. The van der Waals surface area contributed by atoms with Crippen molar-refractivity contribution >= 4 is 30.0 Å². The SMILES string of the molecule is CC[C@@H]1OC(=O)C[C@H](O)[C@@H](C)[C@@H](O[C@@H]2O[C@H](C)[C@@H](O[C@H]3C[C@@](C)(O)[C@@H](O)[C@H](C)O3)[C@H](N(C)C)[C@H]2O)[C@@H](C=O)C[C@@H](C)C(=O)/C=C/C(C)=C/[C@@H]1CO[C@H]1O[C@@H](C)[C@H](O)[C@H](OC)[C@@H]1OC.O=C(O)C(O)C(O)C(=O)O. The molecule has 0 saturated carbocycles. The summed E-state index contributed by atoms with van der Waals surface area (Å²) < 4.78 is 54.4. The summed E-state index contributed by atoms with van der Waals surface area (Å²) in [6.07, 6.45) is -13.6. The fourth-order valence-corrected chi connectivity index (χ4v) is 9.46. The third-order valence-corrected chi connectivity index (χ3v) is 13.9. The molecule has 4 heterocycles. The van der Waals surface area contributed by atoms with Crippen LogP contribution in [0.25, 0.3) is 0 Å². The van der Waals surface area contributed by atoms with E-state index < -0.39 is 164 Å². The van der Waals surface area contributed by atoms with Crippen LogP contribution >= 0.6 is 0 Å². The minimum atomic E-state index is -2.27. The van der Waals surface area contributed by atoms with Crippen molar-refractivity contribution in [3.8, 4) is 0 Å². The number of aliphatic hydroxyl groups is 7. The van der Waals surface area contributed by atoms with Crippen LogP contribution in [0.4, 0.5) is 0 Å². The number of allylic oxidation sites excluding steroid dienone is 3. The van der Waals surface area contributed by atoms with Crippen molar-refractivity contribution in [3.05, 3.63) is 23.8 Å². The Morgan fingerprint density at radius 2 is 1.42 bits per heavy atom. The van der Waals surface area contributed by atoms with Crippen LogP contribution in [0.15, 0.2) is 23.8 Å². The van der Waals surface area contributed by atoms with E-state index in [-0.39, 0.29) is 25.2 Å². The molecule has 24 nitrogen and oxygen atoms in total. The van der Waals surface area contributed by atoms with E-state index in [1.807, 2.05) is 13.0 Å². The second-order valence-corrected chi connectivity index (χ2v) is 19.9. The number of aliphatic carboxylic acids is 2. The normalized spacial score (nSPS) is 42.3. The van der Waals surface area contributed by atoms with E-state index in [9.17, 15) is 49.5 Å². The Morgan fingerprint density at radius 3 is 1.95 bits per heavy atom.